The van der Waals surface area contributed by atoms with Crippen LogP contribution in [0.3, 0.4) is 0 Å². The van der Waals surface area contributed by atoms with Gasteiger partial charge in [0, 0.05) is 6.54 Å². The summed E-state index contributed by atoms with van der Waals surface area (Å²) >= 11 is 0. The summed E-state index contributed by atoms with van der Waals surface area (Å²) in [5.74, 6) is -1.36. The zero-order chi connectivity index (χ0) is 14.0. The van der Waals surface area contributed by atoms with Gasteiger partial charge in [-0.3, -0.25) is 9.59 Å². The lowest BCUT2D eigenvalue weighted by atomic mass is 9.68. The fourth-order valence-electron chi connectivity index (χ4n) is 2.40. The van der Waals surface area contributed by atoms with Gasteiger partial charge in [-0.2, -0.15) is 0 Å². The molecule has 4 heteroatoms. The number of carbonyl (C=O) groups is 2. The molecule has 1 saturated carbocycles. The number of nitrogens with one attached hydrogen (secondary N) is 1. The quantitative estimate of drug-likeness (QED) is 0.816. The highest BCUT2D eigenvalue weighted by atomic mass is 16.4. The van der Waals surface area contributed by atoms with Crippen molar-refractivity contribution >= 4 is 11.9 Å². The maximum Gasteiger partial charge on any atom is 0.319 e. The molecule has 1 aliphatic rings. The van der Waals surface area contributed by atoms with Crippen molar-refractivity contribution in [1.29, 1.82) is 0 Å². The summed E-state index contributed by atoms with van der Waals surface area (Å²) in [6.45, 7) is 4.37. The molecule has 2 rings (SSSR count). The molecule has 0 radical (unpaired) electrons. The molecule has 1 amide bonds. The Bertz CT molecular complexity index is 518. The summed E-state index contributed by atoms with van der Waals surface area (Å²) < 4.78 is 0. The van der Waals surface area contributed by atoms with Crippen molar-refractivity contribution in [2.45, 2.75) is 39.7 Å². The number of rotatable bonds is 4. The number of amides is 1. The Kier molecular flexibility index (Phi) is 3.60. The molecule has 0 bridgehead atoms. The monoisotopic (exact) mass is 261 g/mol. The van der Waals surface area contributed by atoms with Gasteiger partial charge in [-0.25, -0.2) is 0 Å². The Morgan fingerprint density at radius 1 is 1.32 bits per heavy atom. The van der Waals surface area contributed by atoms with E-state index in [1.54, 1.807) is 0 Å². The molecule has 1 aromatic carbocycles. The van der Waals surface area contributed by atoms with Crippen LogP contribution >= 0.6 is 0 Å². The lowest BCUT2D eigenvalue weighted by molar-refractivity contribution is -0.162. The highest BCUT2D eigenvalue weighted by Crippen LogP contribution is 2.41. The second-order valence-corrected chi connectivity index (χ2v) is 5.35. The Labute approximate surface area is 112 Å². The van der Waals surface area contributed by atoms with E-state index in [-0.39, 0.29) is 5.91 Å². The molecule has 0 aliphatic heterocycles. The summed E-state index contributed by atoms with van der Waals surface area (Å²) in [4.78, 5) is 23.3. The zero-order valence-electron chi connectivity index (χ0n) is 11.3. The highest BCUT2D eigenvalue weighted by Gasteiger charge is 2.50. The fraction of sp³-hybridized carbons (Fsp3) is 0.467. The van der Waals surface area contributed by atoms with Crippen LogP contribution in [0.15, 0.2) is 18.2 Å². The van der Waals surface area contributed by atoms with Gasteiger partial charge in [0.2, 0.25) is 5.91 Å². The summed E-state index contributed by atoms with van der Waals surface area (Å²) in [6.07, 6.45) is 1.70. The minimum absolute atomic E-state index is 0.354. The van der Waals surface area contributed by atoms with Crippen LogP contribution in [0.1, 0.15) is 36.0 Å². The van der Waals surface area contributed by atoms with Crippen molar-refractivity contribution in [2.24, 2.45) is 5.41 Å². The molecule has 0 unspecified atom stereocenters. The Hall–Kier alpha value is -1.84. The van der Waals surface area contributed by atoms with E-state index in [4.69, 9.17) is 0 Å². The normalized spacial score (nSPS) is 16.5. The third kappa shape index (κ3) is 2.48. The van der Waals surface area contributed by atoms with Crippen molar-refractivity contribution in [3.63, 3.8) is 0 Å². The molecule has 2 N–H and O–H groups in total. The van der Waals surface area contributed by atoms with Crippen molar-refractivity contribution in [1.82, 2.24) is 5.32 Å². The number of aliphatic carboxylic acids is 1. The van der Waals surface area contributed by atoms with E-state index in [0.717, 1.165) is 23.1 Å². The maximum atomic E-state index is 12.1. The summed E-state index contributed by atoms with van der Waals surface area (Å²) in [6, 6.07) is 6.04. The topological polar surface area (TPSA) is 66.4 Å². The van der Waals surface area contributed by atoms with E-state index in [1.807, 2.05) is 32.0 Å². The SMILES string of the molecule is Cc1ccc(C)c(CNC(=O)C2(C(=O)O)CCC2)c1. The van der Waals surface area contributed by atoms with Gasteiger partial charge < -0.3 is 10.4 Å². The Morgan fingerprint density at radius 2 is 2.00 bits per heavy atom. The van der Waals surface area contributed by atoms with Gasteiger partial charge in [0.05, 0.1) is 0 Å². The van der Waals surface area contributed by atoms with Gasteiger partial charge in [0.15, 0.2) is 0 Å². The summed E-state index contributed by atoms with van der Waals surface area (Å²) in [5.41, 5.74) is 2.08. The van der Waals surface area contributed by atoms with Crippen molar-refractivity contribution in [3.05, 3.63) is 34.9 Å². The van der Waals surface area contributed by atoms with E-state index < -0.39 is 11.4 Å². The van der Waals surface area contributed by atoms with Crippen LogP contribution in [-0.2, 0) is 16.1 Å². The second kappa shape index (κ2) is 5.03. The molecular formula is C15H19NO3. The average Bonchev–Trinajstić information content (AvgIpc) is 2.28. The first-order valence-corrected chi connectivity index (χ1v) is 6.53. The average molecular weight is 261 g/mol. The maximum absolute atomic E-state index is 12.1. The van der Waals surface area contributed by atoms with Crippen LogP contribution in [-0.4, -0.2) is 17.0 Å². The Balaban J connectivity index is 2.04. The first-order valence-electron chi connectivity index (χ1n) is 6.53. The Morgan fingerprint density at radius 3 is 2.53 bits per heavy atom. The number of aryl methyl sites for hydroxylation is 2. The van der Waals surface area contributed by atoms with Crippen molar-refractivity contribution in [3.8, 4) is 0 Å². The standard InChI is InChI=1S/C15H19NO3/c1-10-4-5-11(2)12(8-10)9-16-13(17)15(14(18)19)6-3-7-15/h4-5,8H,3,6-7,9H2,1-2H3,(H,16,17)(H,18,19). The number of carboxylic acids is 1. The zero-order valence-corrected chi connectivity index (χ0v) is 11.3. The van der Waals surface area contributed by atoms with Gasteiger partial charge in [0.1, 0.15) is 5.41 Å². The first-order chi connectivity index (χ1) is 8.95. The third-order valence-corrected chi connectivity index (χ3v) is 4.00. The molecule has 1 aliphatic carbocycles. The number of carboxylic acid groups (broad SMARTS) is 1. The smallest absolute Gasteiger partial charge is 0.319 e. The summed E-state index contributed by atoms with van der Waals surface area (Å²) in [7, 11) is 0. The molecule has 102 valence electrons. The van der Waals surface area contributed by atoms with E-state index in [1.165, 1.54) is 0 Å². The lowest BCUT2D eigenvalue weighted by Crippen LogP contribution is -2.50. The van der Waals surface area contributed by atoms with E-state index in [0.29, 0.717) is 19.4 Å². The van der Waals surface area contributed by atoms with Gasteiger partial charge in [-0.1, -0.05) is 30.2 Å². The molecule has 0 saturated heterocycles. The predicted molar refractivity (Wildman–Crippen MR) is 71.7 cm³/mol. The van der Waals surface area contributed by atoms with Crippen LogP contribution in [0, 0.1) is 19.3 Å². The predicted octanol–water partition coefficient (Wildman–Crippen LogP) is 2.17. The molecule has 0 spiro atoms. The lowest BCUT2D eigenvalue weighted by Gasteiger charge is -2.35. The van der Waals surface area contributed by atoms with Gasteiger partial charge in [-0.15, -0.1) is 0 Å². The number of hydrogen-bond acceptors (Lipinski definition) is 2. The van der Waals surface area contributed by atoms with Gasteiger partial charge in [0.25, 0.3) is 0 Å². The molecule has 19 heavy (non-hydrogen) atoms. The minimum atomic E-state index is -1.18. The molecule has 0 atom stereocenters. The van der Waals surface area contributed by atoms with Gasteiger partial charge >= 0.3 is 5.97 Å². The minimum Gasteiger partial charge on any atom is -0.480 e. The van der Waals surface area contributed by atoms with Crippen LogP contribution in [0.25, 0.3) is 0 Å². The molecule has 1 aromatic rings. The van der Waals surface area contributed by atoms with Crippen molar-refractivity contribution in [2.75, 3.05) is 0 Å². The fourth-order valence-corrected chi connectivity index (χ4v) is 2.40. The highest BCUT2D eigenvalue weighted by molar-refractivity contribution is 6.02. The number of hydrogen-bond donors (Lipinski definition) is 2. The van der Waals surface area contributed by atoms with Crippen LogP contribution in [0.5, 0.6) is 0 Å². The van der Waals surface area contributed by atoms with Gasteiger partial charge in [-0.05, 0) is 37.8 Å². The van der Waals surface area contributed by atoms with Crippen LogP contribution < -0.4 is 5.32 Å². The molecule has 0 heterocycles. The van der Waals surface area contributed by atoms with Crippen LogP contribution in [0.2, 0.25) is 0 Å². The second-order valence-electron chi connectivity index (χ2n) is 5.35. The first kappa shape index (κ1) is 13.6. The van der Waals surface area contributed by atoms with E-state index in [2.05, 4.69) is 5.32 Å². The molecule has 4 nitrogen and oxygen atoms in total. The van der Waals surface area contributed by atoms with Crippen LogP contribution in [0.4, 0.5) is 0 Å². The number of benzene rings is 1. The molecule has 0 aromatic heterocycles. The largest absolute Gasteiger partial charge is 0.480 e. The molecule has 1 fully saturated rings. The summed E-state index contributed by atoms with van der Waals surface area (Å²) in [5, 5.41) is 12.0. The van der Waals surface area contributed by atoms with E-state index >= 15 is 0 Å². The third-order valence-electron chi connectivity index (χ3n) is 4.00. The van der Waals surface area contributed by atoms with E-state index in [9.17, 15) is 14.7 Å². The number of carbonyl (C=O) groups excluding carboxylic acids is 1. The van der Waals surface area contributed by atoms with Crippen molar-refractivity contribution < 1.29 is 14.7 Å². The molecular weight excluding hydrogens is 242 g/mol.